The van der Waals surface area contributed by atoms with Gasteiger partial charge < -0.3 is 14.8 Å². The lowest BCUT2D eigenvalue weighted by molar-refractivity contribution is -0.144. The molecule has 0 aromatic heterocycles. The number of benzene rings is 1. The Morgan fingerprint density at radius 3 is 2.41 bits per heavy atom. The number of nitrogens with one attached hydrogen (secondary N) is 1. The minimum absolute atomic E-state index is 0.203. The van der Waals surface area contributed by atoms with E-state index >= 15 is 0 Å². The van der Waals surface area contributed by atoms with E-state index in [9.17, 15) is 9.59 Å². The van der Waals surface area contributed by atoms with Gasteiger partial charge in [0.15, 0.2) is 6.61 Å². The van der Waals surface area contributed by atoms with Gasteiger partial charge in [-0.3, -0.25) is 4.79 Å². The molecule has 0 spiro atoms. The van der Waals surface area contributed by atoms with Crippen LogP contribution in [0.25, 0.3) is 6.08 Å². The van der Waals surface area contributed by atoms with Gasteiger partial charge in [0.1, 0.15) is 12.4 Å². The first-order valence-electron chi connectivity index (χ1n) is 9.65. The fourth-order valence-corrected chi connectivity index (χ4v) is 3.05. The maximum absolute atomic E-state index is 12.0. The average Bonchev–Trinajstić information content (AvgIpc) is 2.66. The lowest BCUT2D eigenvalue weighted by atomic mass is 9.97. The molecule has 1 aromatic rings. The second-order valence-electron chi connectivity index (χ2n) is 6.72. The van der Waals surface area contributed by atoms with Gasteiger partial charge in [-0.25, -0.2) is 4.79 Å². The van der Waals surface area contributed by atoms with Gasteiger partial charge in [0.2, 0.25) is 0 Å². The molecule has 0 atom stereocenters. The van der Waals surface area contributed by atoms with Crippen molar-refractivity contribution >= 4 is 18.0 Å². The van der Waals surface area contributed by atoms with Crippen molar-refractivity contribution in [1.82, 2.24) is 5.32 Å². The number of hydrogen-bond donors (Lipinski definition) is 1. The Kier molecular flexibility index (Phi) is 9.18. The summed E-state index contributed by atoms with van der Waals surface area (Å²) in [6, 6.07) is 7.51. The van der Waals surface area contributed by atoms with Gasteiger partial charge in [0.05, 0.1) is 0 Å². The quantitative estimate of drug-likeness (QED) is 0.426. The third-order valence-electron chi connectivity index (χ3n) is 4.48. The normalized spacial score (nSPS) is 15.6. The topological polar surface area (TPSA) is 64.6 Å². The van der Waals surface area contributed by atoms with E-state index in [0.29, 0.717) is 6.61 Å². The minimum atomic E-state index is -0.533. The highest BCUT2D eigenvalue weighted by atomic mass is 16.5. The molecular weight excluding hydrogens is 342 g/mol. The third kappa shape index (κ3) is 8.58. The Labute approximate surface area is 161 Å². The molecule has 27 heavy (non-hydrogen) atoms. The highest BCUT2D eigenvalue weighted by Crippen LogP contribution is 2.17. The molecule has 0 heterocycles. The van der Waals surface area contributed by atoms with Gasteiger partial charge in [0, 0.05) is 12.1 Å². The summed E-state index contributed by atoms with van der Waals surface area (Å²) in [6.07, 6.45) is 12.7. The molecule has 1 amide bonds. The molecule has 0 bridgehead atoms. The van der Waals surface area contributed by atoms with E-state index in [1.165, 1.54) is 25.3 Å². The Hall–Kier alpha value is -2.56. The zero-order chi connectivity index (χ0) is 19.3. The summed E-state index contributed by atoms with van der Waals surface area (Å²) >= 11 is 0. The van der Waals surface area contributed by atoms with E-state index in [0.717, 1.165) is 37.0 Å². The number of rotatable bonds is 8. The fourth-order valence-electron chi connectivity index (χ4n) is 3.05. The van der Waals surface area contributed by atoms with Crippen LogP contribution in [-0.2, 0) is 14.3 Å². The molecule has 2 rings (SSSR count). The highest BCUT2D eigenvalue weighted by molar-refractivity contribution is 5.89. The fraction of sp³-hybridized carbons (Fsp3) is 0.455. The number of carbonyl (C=O) groups excluding carboxylic acids is 2. The standard InChI is InChI=1S/C22H29NO4/c1-2-16-26-20-13-10-18(11-14-20)12-15-22(25)27-17-21(24)23-19-8-6-4-3-5-7-9-19/h2,10-15,19H,1,3-9,16-17H2,(H,23,24)/b15-12+. The second-order valence-corrected chi connectivity index (χ2v) is 6.72. The zero-order valence-electron chi connectivity index (χ0n) is 15.8. The van der Waals surface area contributed by atoms with Gasteiger partial charge >= 0.3 is 5.97 Å². The molecule has 1 N–H and O–H groups in total. The van der Waals surface area contributed by atoms with Crippen molar-refractivity contribution in [2.24, 2.45) is 0 Å². The second kappa shape index (κ2) is 11.9. The van der Waals surface area contributed by atoms with Crippen LogP contribution in [0.5, 0.6) is 5.75 Å². The lowest BCUT2D eigenvalue weighted by Gasteiger charge is -2.20. The predicted molar refractivity (Wildman–Crippen MR) is 106 cm³/mol. The first kappa shape index (κ1) is 20.7. The van der Waals surface area contributed by atoms with Crippen LogP contribution in [-0.4, -0.2) is 31.1 Å². The van der Waals surface area contributed by atoms with Gasteiger partial charge in [-0.15, -0.1) is 0 Å². The zero-order valence-corrected chi connectivity index (χ0v) is 15.8. The van der Waals surface area contributed by atoms with Gasteiger partial charge in [0.25, 0.3) is 5.91 Å². The first-order valence-corrected chi connectivity index (χ1v) is 9.65. The van der Waals surface area contributed by atoms with Crippen LogP contribution >= 0.6 is 0 Å². The highest BCUT2D eigenvalue weighted by Gasteiger charge is 2.14. The summed E-state index contributed by atoms with van der Waals surface area (Å²) < 4.78 is 10.4. The monoisotopic (exact) mass is 371 g/mol. The van der Waals surface area contributed by atoms with Crippen molar-refractivity contribution in [3.05, 3.63) is 48.6 Å². The summed E-state index contributed by atoms with van der Waals surface area (Å²) in [5.74, 6) is -0.0265. The Morgan fingerprint density at radius 2 is 1.74 bits per heavy atom. The molecular formula is C22H29NO4. The minimum Gasteiger partial charge on any atom is -0.490 e. The third-order valence-corrected chi connectivity index (χ3v) is 4.48. The van der Waals surface area contributed by atoms with E-state index in [1.54, 1.807) is 12.2 Å². The van der Waals surface area contributed by atoms with Crippen LogP contribution in [0.2, 0.25) is 0 Å². The van der Waals surface area contributed by atoms with Gasteiger partial charge in [-0.2, -0.15) is 0 Å². The number of esters is 1. The average molecular weight is 371 g/mol. The largest absolute Gasteiger partial charge is 0.490 e. The molecule has 1 aliphatic carbocycles. The summed E-state index contributed by atoms with van der Waals surface area (Å²) in [4.78, 5) is 23.8. The van der Waals surface area contributed by atoms with E-state index in [2.05, 4.69) is 11.9 Å². The summed E-state index contributed by atoms with van der Waals surface area (Å²) in [7, 11) is 0. The first-order chi connectivity index (χ1) is 13.2. The maximum atomic E-state index is 12.0. The summed E-state index contributed by atoms with van der Waals surface area (Å²) in [5.41, 5.74) is 0.844. The van der Waals surface area contributed by atoms with Crippen molar-refractivity contribution in [2.75, 3.05) is 13.2 Å². The summed E-state index contributed by atoms with van der Waals surface area (Å²) in [6.45, 7) is 3.80. The molecule has 0 saturated heterocycles. The van der Waals surface area contributed by atoms with Crippen molar-refractivity contribution < 1.29 is 19.1 Å². The number of amides is 1. The maximum Gasteiger partial charge on any atom is 0.331 e. The molecule has 0 unspecified atom stereocenters. The molecule has 5 nitrogen and oxygen atoms in total. The lowest BCUT2D eigenvalue weighted by Crippen LogP contribution is -2.37. The Balaban J connectivity index is 1.70. The molecule has 0 aliphatic heterocycles. The molecule has 0 radical (unpaired) electrons. The molecule has 5 heteroatoms. The molecule has 1 aliphatic rings. The van der Waals surface area contributed by atoms with Crippen LogP contribution in [0, 0.1) is 0 Å². The number of hydrogen-bond acceptors (Lipinski definition) is 4. The number of ether oxygens (including phenoxy) is 2. The van der Waals surface area contributed by atoms with E-state index in [-0.39, 0.29) is 18.6 Å². The van der Waals surface area contributed by atoms with Crippen molar-refractivity contribution in [2.45, 2.75) is 51.0 Å². The van der Waals surface area contributed by atoms with Crippen molar-refractivity contribution in [1.29, 1.82) is 0 Å². The summed E-state index contributed by atoms with van der Waals surface area (Å²) in [5, 5.41) is 2.98. The van der Waals surface area contributed by atoms with Crippen LogP contribution < -0.4 is 10.1 Å². The predicted octanol–water partition coefficient (Wildman–Crippen LogP) is 4.04. The molecule has 1 aromatic carbocycles. The van der Waals surface area contributed by atoms with E-state index in [4.69, 9.17) is 9.47 Å². The smallest absolute Gasteiger partial charge is 0.331 e. The van der Waals surface area contributed by atoms with Gasteiger partial charge in [-0.1, -0.05) is 56.9 Å². The Bertz CT molecular complexity index is 628. The van der Waals surface area contributed by atoms with Crippen LogP contribution in [0.15, 0.2) is 43.0 Å². The van der Waals surface area contributed by atoms with Crippen LogP contribution in [0.3, 0.4) is 0 Å². The van der Waals surface area contributed by atoms with E-state index in [1.807, 2.05) is 24.3 Å². The SMILES string of the molecule is C=CCOc1ccc(/C=C/C(=O)OCC(=O)NC2CCCCCCC2)cc1. The molecule has 146 valence electrons. The van der Waals surface area contributed by atoms with Crippen LogP contribution in [0.4, 0.5) is 0 Å². The van der Waals surface area contributed by atoms with Crippen LogP contribution in [0.1, 0.15) is 50.5 Å². The van der Waals surface area contributed by atoms with Crippen molar-refractivity contribution in [3.63, 3.8) is 0 Å². The molecule has 1 fully saturated rings. The number of carbonyl (C=O) groups is 2. The van der Waals surface area contributed by atoms with Crippen molar-refractivity contribution in [3.8, 4) is 5.75 Å². The Morgan fingerprint density at radius 1 is 1.07 bits per heavy atom. The van der Waals surface area contributed by atoms with Gasteiger partial charge in [-0.05, 0) is 36.6 Å². The molecule has 1 saturated carbocycles. The van der Waals surface area contributed by atoms with E-state index < -0.39 is 5.97 Å².